The smallest absolute Gasteiger partial charge is 0.320 e. The molecule has 0 saturated carbocycles. The van der Waals surface area contributed by atoms with E-state index < -0.39 is 5.97 Å². The monoisotopic (exact) mass is 241 g/mol. The van der Waals surface area contributed by atoms with Gasteiger partial charge in [-0.2, -0.15) is 0 Å². The van der Waals surface area contributed by atoms with Gasteiger partial charge in [-0.1, -0.05) is 30.3 Å². The highest BCUT2D eigenvalue weighted by Crippen LogP contribution is 2.19. The van der Waals surface area contributed by atoms with E-state index in [-0.39, 0.29) is 18.4 Å². The van der Waals surface area contributed by atoms with Crippen LogP contribution in [0.1, 0.15) is 18.4 Å². The van der Waals surface area contributed by atoms with E-state index in [1.807, 2.05) is 35.2 Å². The molecule has 0 aromatic heterocycles. The fourth-order valence-corrected chi connectivity index (χ4v) is 2.11. The summed E-state index contributed by atoms with van der Waals surface area (Å²) >= 11 is 0. The van der Waals surface area contributed by atoms with Gasteiger partial charge < -0.3 is 5.11 Å². The van der Waals surface area contributed by atoms with Gasteiger partial charge in [0.15, 0.2) is 0 Å². The van der Waals surface area contributed by atoms with Crippen molar-refractivity contribution >= 4 is 18.4 Å². The molecule has 88 valence electrons. The number of hydrogen-bond donors (Lipinski definition) is 1. The standard InChI is InChI=1S/C12H15NO2.ClH/c14-12(15)11-7-4-8-13(11)9-10-5-2-1-3-6-10;/h1-3,5-6,11H,4,7-9H2,(H,14,15);1H/t11-;/m0./s1. The molecule has 1 fully saturated rings. The molecule has 0 aliphatic carbocycles. The van der Waals surface area contributed by atoms with Crippen molar-refractivity contribution in [3.63, 3.8) is 0 Å². The third kappa shape index (κ3) is 2.97. The Morgan fingerprint density at radius 2 is 2.06 bits per heavy atom. The number of halogens is 1. The molecule has 2 rings (SSSR count). The molecule has 1 N–H and O–H groups in total. The zero-order valence-electron chi connectivity index (χ0n) is 9.00. The van der Waals surface area contributed by atoms with Crippen LogP contribution in [0.4, 0.5) is 0 Å². The zero-order chi connectivity index (χ0) is 10.7. The molecule has 1 aromatic carbocycles. The van der Waals surface area contributed by atoms with Crippen LogP contribution in [0.15, 0.2) is 30.3 Å². The maximum atomic E-state index is 11.0. The van der Waals surface area contributed by atoms with Gasteiger partial charge in [0.2, 0.25) is 0 Å². The van der Waals surface area contributed by atoms with E-state index in [0.717, 1.165) is 25.9 Å². The van der Waals surface area contributed by atoms with Gasteiger partial charge in [-0.15, -0.1) is 12.4 Å². The first-order valence-electron chi connectivity index (χ1n) is 5.28. The maximum absolute atomic E-state index is 11.0. The second-order valence-electron chi connectivity index (χ2n) is 3.95. The minimum atomic E-state index is -0.691. The summed E-state index contributed by atoms with van der Waals surface area (Å²) in [6, 6.07) is 9.74. The lowest BCUT2D eigenvalue weighted by Gasteiger charge is -2.20. The third-order valence-corrected chi connectivity index (χ3v) is 2.88. The normalized spacial score (nSPS) is 20.4. The summed E-state index contributed by atoms with van der Waals surface area (Å²) in [6.07, 6.45) is 1.77. The SMILES string of the molecule is Cl.O=C(O)[C@@H]1CCCN1Cc1ccccc1. The molecule has 0 spiro atoms. The predicted octanol–water partition coefficient (Wildman–Crippen LogP) is 2.16. The van der Waals surface area contributed by atoms with Crippen molar-refractivity contribution in [3.8, 4) is 0 Å². The van der Waals surface area contributed by atoms with Crippen LogP contribution in [0.2, 0.25) is 0 Å². The minimum Gasteiger partial charge on any atom is -0.480 e. The molecule has 1 heterocycles. The van der Waals surface area contributed by atoms with E-state index in [1.54, 1.807) is 0 Å². The second kappa shape index (κ2) is 5.87. The number of nitrogens with zero attached hydrogens (tertiary/aromatic N) is 1. The van der Waals surface area contributed by atoms with Gasteiger partial charge in [-0.3, -0.25) is 9.69 Å². The summed E-state index contributed by atoms with van der Waals surface area (Å²) in [6.45, 7) is 1.64. The van der Waals surface area contributed by atoms with Gasteiger partial charge in [0, 0.05) is 6.54 Å². The largest absolute Gasteiger partial charge is 0.480 e. The molecule has 1 aromatic rings. The number of aliphatic carboxylic acids is 1. The first-order valence-corrected chi connectivity index (χ1v) is 5.28. The Labute approximate surface area is 101 Å². The van der Waals surface area contributed by atoms with Crippen molar-refractivity contribution in [1.82, 2.24) is 4.90 Å². The first-order chi connectivity index (χ1) is 7.27. The summed E-state index contributed by atoms with van der Waals surface area (Å²) in [5, 5.41) is 9.02. The lowest BCUT2D eigenvalue weighted by Crippen LogP contribution is -2.35. The number of hydrogen-bond acceptors (Lipinski definition) is 2. The van der Waals surface area contributed by atoms with Crippen molar-refractivity contribution in [2.24, 2.45) is 0 Å². The number of likely N-dealkylation sites (tertiary alicyclic amines) is 1. The molecule has 1 atom stereocenters. The molecule has 16 heavy (non-hydrogen) atoms. The van der Waals surface area contributed by atoms with Crippen LogP contribution < -0.4 is 0 Å². The number of carbonyl (C=O) groups is 1. The lowest BCUT2D eigenvalue weighted by atomic mass is 10.2. The molecule has 1 aliphatic heterocycles. The number of rotatable bonds is 3. The van der Waals surface area contributed by atoms with Crippen LogP contribution in [0.5, 0.6) is 0 Å². The molecule has 0 amide bonds. The van der Waals surface area contributed by atoms with Crippen LogP contribution in [-0.2, 0) is 11.3 Å². The van der Waals surface area contributed by atoms with Gasteiger partial charge in [0.1, 0.15) is 6.04 Å². The third-order valence-electron chi connectivity index (χ3n) is 2.88. The zero-order valence-corrected chi connectivity index (χ0v) is 9.82. The maximum Gasteiger partial charge on any atom is 0.320 e. The Morgan fingerprint density at radius 1 is 1.38 bits per heavy atom. The fraction of sp³-hybridized carbons (Fsp3) is 0.417. The lowest BCUT2D eigenvalue weighted by molar-refractivity contribution is -0.142. The summed E-state index contributed by atoms with van der Waals surface area (Å²) in [5.74, 6) is -0.691. The molecular formula is C12H16ClNO2. The van der Waals surface area contributed by atoms with Gasteiger partial charge >= 0.3 is 5.97 Å². The highest BCUT2D eigenvalue weighted by Gasteiger charge is 2.29. The summed E-state index contributed by atoms with van der Waals surface area (Å²) < 4.78 is 0. The molecule has 1 aliphatic rings. The fourth-order valence-electron chi connectivity index (χ4n) is 2.11. The molecular weight excluding hydrogens is 226 g/mol. The van der Waals surface area contributed by atoms with Crippen molar-refractivity contribution in [2.75, 3.05) is 6.54 Å². The van der Waals surface area contributed by atoms with E-state index in [0.29, 0.717) is 0 Å². The highest BCUT2D eigenvalue weighted by molar-refractivity contribution is 5.85. The summed E-state index contributed by atoms with van der Waals surface area (Å²) in [4.78, 5) is 13.0. The molecule has 3 nitrogen and oxygen atoms in total. The van der Waals surface area contributed by atoms with Crippen molar-refractivity contribution in [1.29, 1.82) is 0 Å². The number of benzene rings is 1. The van der Waals surface area contributed by atoms with Crippen LogP contribution in [0, 0.1) is 0 Å². The molecule has 0 radical (unpaired) electrons. The van der Waals surface area contributed by atoms with E-state index >= 15 is 0 Å². The Morgan fingerprint density at radius 3 is 2.69 bits per heavy atom. The Balaban J connectivity index is 0.00000128. The summed E-state index contributed by atoms with van der Waals surface area (Å²) in [7, 11) is 0. The Kier molecular flexibility index (Phi) is 4.77. The summed E-state index contributed by atoms with van der Waals surface area (Å²) in [5.41, 5.74) is 1.19. The number of carboxylic acid groups (broad SMARTS) is 1. The average Bonchev–Trinajstić information content (AvgIpc) is 2.67. The van der Waals surface area contributed by atoms with E-state index in [4.69, 9.17) is 5.11 Å². The van der Waals surface area contributed by atoms with E-state index in [2.05, 4.69) is 0 Å². The van der Waals surface area contributed by atoms with E-state index in [9.17, 15) is 4.79 Å². The second-order valence-corrected chi connectivity index (χ2v) is 3.95. The van der Waals surface area contributed by atoms with Crippen molar-refractivity contribution in [2.45, 2.75) is 25.4 Å². The Hall–Kier alpha value is -1.06. The highest BCUT2D eigenvalue weighted by atomic mass is 35.5. The molecule has 1 saturated heterocycles. The van der Waals surface area contributed by atoms with Crippen LogP contribution in [0.25, 0.3) is 0 Å². The van der Waals surface area contributed by atoms with Crippen LogP contribution >= 0.6 is 12.4 Å². The van der Waals surface area contributed by atoms with Crippen LogP contribution in [-0.4, -0.2) is 28.6 Å². The number of carboxylic acids is 1. The topological polar surface area (TPSA) is 40.5 Å². The van der Waals surface area contributed by atoms with Gasteiger partial charge in [0.05, 0.1) is 0 Å². The van der Waals surface area contributed by atoms with Crippen LogP contribution in [0.3, 0.4) is 0 Å². The van der Waals surface area contributed by atoms with E-state index in [1.165, 1.54) is 5.56 Å². The van der Waals surface area contributed by atoms with Crippen molar-refractivity contribution in [3.05, 3.63) is 35.9 Å². The predicted molar refractivity (Wildman–Crippen MR) is 64.8 cm³/mol. The Bertz CT molecular complexity index is 342. The van der Waals surface area contributed by atoms with Crippen molar-refractivity contribution < 1.29 is 9.90 Å². The molecule has 0 bridgehead atoms. The molecule has 0 unspecified atom stereocenters. The first kappa shape index (κ1) is 13.0. The van der Waals surface area contributed by atoms with Gasteiger partial charge in [0.25, 0.3) is 0 Å². The van der Waals surface area contributed by atoms with Gasteiger partial charge in [-0.25, -0.2) is 0 Å². The van der Waals surface area contributed by atoms with Gasteiger partial charge in [-0.05, 0) is 24.9 Å². The quantitative estimate of drug-likeness (QED) is 0.882. The average molecular weight is 242 g/mol. The molecule has 4 heteroatoms. The minimum absolute atomic E-state index is 0.